The molecule has 5 N–H and O–H groups in total. The molecule has 9 heteroatoms. The van der Waals surface area contributed by atoms with Crippen LogP contribution in [0.3, 0.4) is 0 Å². The van der Waals surface area contributed by atoms with Crippen molar-refractivity contribution in [3.63, 3.8) is 0 Å². The number of nitrogens with two attached hydrogens (primary N) is 1. The molecule has 1 unspecified atom stereocenters. The highest BCUT2D eigenvalue weighted by molar-refractivity contribution is 6.13. The van der Waals surface area contributed by atoms with Crippen LogP contribution in [0.1, 0.15) is 29.8 Å². The molecule has 1 heterocycles. The molecule has 0 aliphatic heterocycles. The van der Waals surface area contributed by atoms with Gasteiger partial charge in [-0.3, -0.25) is 14.4 Å². The Bertz CT molecular complexity index is 1550. The maximum atomic E-state index is 13.2. The number of nitriles is 1. The van der Waals surface area contributed by atoms with Crippen LogP contribution in [0.25, 0.3) is 21.7 Å². The molecule has 0 fully saturated rings. The van der Waals surface area contributed by atoms with Crippen LogP contribution in [-0.4, -0.2) is 35.6 Å². The molecule has 0 spiro atoms. The van der Waals surface area contributed by atoms with Gasteiger partial charge in [-0.25, -0.2) is 0 Å². The number of amides is 2. The summed E-state index contributed by atoms with van der Waals surface area (Å²) in [4.78, 5) is 40.5. The molecule has 36 heavy (non-hydrogen) atoms. The fourth-order valence-electron chi connectivity index (χ4n) is 3.88. The number of aromatic nitrogens is 1. The molecule has 1 aromatic heterocycles. The Labute approximate surface area is 206 Å². The molecule has 0 radical (unpaired) electrons. The van der Waals surface area contributed by atoms with Crippen LogP contribution in [0, 0.1) is 11.3 Å². The molecule has 0 bridgehead atoms. The normalized spacial score (nSPS) is 11.8. The third kappa shape index (κ3) is 5.19. The Hall–Kier alpha value is -4.68. The van der Waals surface area contributed by atoms with Crippen LogP contribution < -0.4 is 21.9 Å². The molecule has 4 aromatic rings. The number of aromatic amines is 1. The van der Waals surface area contributed by atoms with E-state index in [4.69, 9.17) is 15.7 Å². The van der Waals surface area contributed by atoms with E-state index < -0.39 is 11.9 Å². The minimum Gasteiger partial charge on any atom is -0.376 e. The lowest BCUT2D eigenvalue weighted by Crippen LogP contribution is -2.39. The summed E-state index contributed by atoms with van der Waals surface area (Å²) < 4.78 is 5.69. The van der Waals surface area contributed by atoms with Crippen molar-refractivity contribution in [2.75, 3.05) is 17.2 Å². The lowest BCUT2D eigenvalue weighted by Gasteiger charge is -2.21. The predicted molar refractivity (Wildman–Crippen MR) is 139 cm³/mol. The first-order valence-corrected chi connectivity index (χ1v) is 11.3. The van der Waals surface area contributed by atoms with E-state index in [-0.39, 0.29) is 29.7 Å². The van der Waals surface area contributed by atoms with E-state index in [0.717, 1.165) is 0 Å². The number of anilines is 2. The van der Waals surface area contributed by atoms with Crippen molar-refractivity contribution in [3.8, 4) is 6.07 Å². The number of nitrogens with one attached hydrogen (secondary N) is 3. The molecule has 0 saturated heterocycles. The molecule has 0 aliphatic carbocycles. The third-order valence-electron chi connectivity index (χ3n) is 5.66. The number of rotatable bonds is 8. The van der Waals surface area contributed by atoms with E-state index >= 15 is 0 Å². The Morgan fingerprint density at radius 2 is 1.75 bits per heavy atom. The van der Waals surface area contributed by atoms with Gasteiger partial charge in [0.25, 0.3) is 11.5 Å². The van der Waals surface area contributed by atoms with Gasteiger partial charge in [-0.2, -0.15) is 5.26 Å². The maximum absolute atomic E-state index is 13.2. The number of fused-ring (bicyclic) bond motifs is 3. The van der Waals surface area contributed by atoms with Gasteiger partial charge in [0.15, 0.2) is 0 Å². The van der Waals surface area contributed by atoms with Gasteiger partial charge in [0, 0.05) is 22.1 Å². The van der Waals surface area contributed by atoms with Gasteiger partial charge in [-0.05, 0) is 67.8 Å². The Morgan fingerprint density at radius 1 is 1.03 bits per heavy atom. The van der Waals surface area contributed by atoms with Crippen molar-refractivity contribution in [2.24, 2.45) is 5.73 Å². The van der Waals surface area contributed by atoms with Gasteiger partial charge in [-0.15, -0.1) is 0 Å². The van der Waals surface area contributed by atoms with Crippen molar-refractivity contribution in [3.05, 3.63) is 82.1 Å². The Morgan fingerprint density at radius 3 is 2.42 bits per heavy atom. The number of nitrogens with zero attached hydrogens (tertiary/aromatic N) is 1. The van der Waals surface area contributed by atoms with Crippen molar-refractivity contribution < 1.29 is 14.3 Å². The first-order valence-electron chi connectivity index (χ1n) is 11.3. The number of para-hydroxylation sites is 1. The van der Waals surface area contributed by atoms with Crippen LogP contribution in [0.15, 0.2) is 65.5 Å². The van der Waals surface area contributed by atoms with E-state index in [9.17, 15) is 14.4 Å². The SMILES string of the molecule is CC(C)OCC(Nc1ccc(C#N)cc1)C(=O)Nc1ccc2c(=O)[nH]c3c(C(N)=O)cccc3c2c1. The van der Waals surface area contributed by atoms with Crippen molar-refractivity contribution >= 4 is 44.9 Å². The second-order valence-electron chi connectivity index (χ2n) is 8.56. The van der Waals surface area contributed by atoms with Gasteiger partial charge in [-0.1, -0.05) is 12.1 Å². The zero-order valence-electron chi connectivity index (χ0n) is 19.8. The van der Waals surface area contributed by atoms with Crippen molar-refractivity contribution in [1.82, 2.24) is 4.98 Å². The highest BCUT2D eigenvalue weighted by Gasteiger charge is 2.20. The summed E-state index contributed by atoms with van der Waals surface area (Å²) in [7, 11) is 0. The molecular formula is C27H25N5O4. The monoisotopic (exact) mass is 483 g/mol. The fourth-order valence-corrected chi connectivity index (χ4v) is 3.88. The zero-order valence-corrected chi connectivity index (χ0v) is 19.8. The van der Waals surface area contributed by atoms with E-state index in [1.165, 1.54) is 0 Å². The molecular weight excluding hydrogens is 458 g/mol. The fraction of sp³-hybridized carbons (Fsp3) is 0.185. The molecule has 9 nitrogen and oxygen atoms in total. The summed E-state index contributed by atoms with van der Waals surface area (Å²) in [5.74, 6) is -0.992. The van der Waals surface area contributed by atoms with Crippen LogP contribution in [-0.2, 0) is 9.53 Å². The van der Waals surface area contributed by atoms with Crippen molar-refractivity contribution in [2.45, 2.75) is 26.0 Å². The number of pyridine rings is 1. The summed E-state index contributed by atoms with van der Waals surface area (Å²) in [5.41, 5.74) is 7.31. The second-order valence-corrected chi connectivity index (χ2v) is 8.56. The standard InChI is InChI=1S/C27H25N5O4/c1-15(2)36-14-23(30-17-8-6-16(13-28)7-9-17)27(35)31-18-10-11-20-22(12-18)19-4-3-5-21(25(29)33)24(19)32-26(20)34/h3-12,15,23,30H,14H2,1-2H3,(H2,29,33)(H,31,35)(H,32,34). The molecule has 1 atom stereocenters. The number of carbonyl (C=O) groups is 2. The molecule has 2 amide bonds. The number of hydrogen-bond donors (Lipinski definition) is 4. The van der Waals surface area contributed by atoms with E-state index in [1.807, 2.05) is 13.8 Å². The zero-order chi connectivity index (χ0) is 25.8. The van der Waals surface area contributed by atoms with Crippen LogP contribution in [0.4, 0.5) is 11.4 Å². The summed E-state index contributed by atoms with van der Waals surface area (Å²) in [6.45, 7) is 3.87. The first kappa shape index (κ1) is 24.4. The van der Waals surface area contributed by atoms with E-state index in [1.54, 1.807) is 60.7 Å². The highest BCUT2D eigenvalue weighted by Crippen LogP contribution is 2.26. The van der Waals surface area contributed by atoms with Crippen molar-refractivity contribution in [1.29, 1.82) is 5.26 Å². The number of H-pyrrole nitrogens is 1. The number of benzene rings is 3. The van der Waals surface area contributed by atoms with Gasteiger partial charge in [0.05, 0.1) is 35.4 Å². The van der Waals surface area contributed by atoms with Gasteiger partial charge in [0.1, 0.15) is 6.04 Å². The summed E-state index contributed by atoms with van der Waals surface area (Å²) in [5, 5.41) is 16.7. The highest BCUT2D eigenvalue weighted by atomic mass is 16.5. The maximum Gasteiger partial charge on any atom is 0.256 e. The largest absolute Gasteiger partial charge is 0.376 e. The van der Waals surface area contributed by atoms with E-state index in [0.29, 0.717) is 38.6 Å². The average molecular weight is 484 g/mol. The lowest BCUT2D eigenvalue weighted by molar-refractivity contribution is -0.118. The summed E-state index contributed by atoms with van der Waals surface area (Å²) >= 11 is 0. The molecule has 4 rings (SSSR count). The third-order valence-corrected chi connectivity index (χ3v) is 5.66. The Kier molecular flexibility index (Phi) is 6.99. The Balaban J connectivity index is 1.67. The minimum atomic E-state index is -0.728. The lowest BCUT2D eigenvalue weighted by atomic mass is 10.0. The van der Waals surface area contributed by atoms with Gasteiger partial charge >= 0.3 is 0 Å². The molecule has 0 saturated carbocycles. The van der Waals surface area contributed by atoms with Crippen LogP contribution >= 0.6 is 0 Å². The summed E-state index contributed by atoms with van der Waals surface area (Å²) in [6.07, 6.45) is -0.0822. The van der Waals surface area contributed by atoms with Crippen LogP contribution in [0.2, 0.25) is 0 Å². The number of hydrogen-bond acceptors (Lipinski definition) is 6. The second kappa shape index (κ2) is 10.3. The topological polar surface area (TPSA) is 150 Å². The predicted octanol–water partition coefficient (Wildman–Crippen LogP) is 3.50. The average Bonchev–Trinajstić information content (AvgIpc) is 2.86. The summed E-state index contributed by atoms with van der Waals surface area (Å²) in [6, 6.07) is 18.1. The quantitative estimate of drug-likeness (QED) is 0.282. The number of carbonyl (C=O) groups excluding carboxylic acids is 2. The first-order chi connectivity index (χ1) is 17.3. The van der Waals surface area contributed by atoms with Crippen LogP contribution in [0.5, 0.6) is 0 Å². The minimum absolute atomic E-state index is 0.0822. The van der Waals surface area contributed by atoms with Gasteiger partial charge < -0.3 is 26.1 Å². The number of ether oxygens (including phenoxy) is 1. The van der Waals surface area contributed by atoms with Gasteiger partial charge in [0.2, 0.25) is 5.91 Å². The molecule has 0 aliphatic rings. The number of primary amides is 1. The molecule has 3 aromatic carbocycles. The smallest absolute Gasteiger partial charge is 0.256 e. The van der Waals surface area contributed by atoms with E-state index in [2.05, 4.69) is 21.7 Å². The molecule has 182 valence electrons.